The summed E-state index contributed by atoms with van der Waals surface area (Å²) in [5, 5.41) is 0. The normalized spacial score (nSPS) is 16.2. The number of hydrogen-bond donors (Lipinski definition) is 0. The molecule has 2 heterocycles. The molecule has 1 unspecified atom stereocenters. The Morgan fingerprint density at radius 2 is 1.90 bits per heavy atom. The Balaban J connectivity index is 1.94. The van der Waals surface area contributed by atoms with Crippen LogP contribution in [0.25, 0.3) is 11.8 Å². The molecule has 1 aliphatic heterocycles. The second-order valence-electron chi connectivity index (χ2n) is 6.75. The molecule has 0 amide bonds. The molecular formula is C23H19FN2O3S. The molecule has 3 aromatic rings. The lowest BCUT2D eigenvalue weighted by atomic mass is 9.97. The van der Waals surface area contributed by atoms with E-state index in [1.165, 1.54) is 28.0 Å². The highest BCUT2D eigenvalue weighted by atomic mass is 32.1. The molecular weight excluding hydrogens is 403 g/mol. The number of carbonyl (C=O) groups excluding carboxylic acids is 1. The van der Waals surface area contributed by atoms with Crippen molar-refractivity contribution in [2.45, 2.75) is 19.9 Å². The number of fused-ring (bicyclic) bond motifs is 1. The summed E-state index contributed by atoms with van der Waals surface area (Å²) >= 11 is 1.24. The molecule has 1 atom stereocenters. The molecule has 0 radical (unpaired) electrons. The Bertz CT molecular complexity index is 1310. The second kappa shape index (κ2) is 8.20. The lowest BCUT2D eigenvalue weighted by Crippen LogP contribution is -2.35. The molecule has 0 spiro atoms. The first kappa shape index (κ1) is 20.0. The summed E-state index contributed by atoms with van der Waals surface area (Å²) in [6, 6.07) is 14.8. The lowest BCUT2D eigenvalue weighted by molar-refractivity contribution is -0.138. The summed E-state index contributed by atoms with van der Waals surface area (Å²) in [5.74, 6) is -0.826. The van der Waals surface area contributed by atoms with Crippen LogP contribution in [0.1, 0.15) is 31.0 Å². The van der Waals surface area contributed by atoms with Crippen molar-refractivity contribution in [1.82, 2.24) is 4.57 Å². The number of esters is 1. The highest BCUT2D eigenvalue weighted by Crippen LogP contribution is 2.31. The minimum Gasteiger partial charge on any atom is -0.463 e. The van der Waals surface area contributed by atoms with E-state index in [4.69, 9.17) is 9.73 Å². The number of aromatic nitrogens is 1. The van der Waals surface area contributed by atoms with Gasteiger partial charge in [0.15, 0.2) is 4.80 Å². The SMILES string of the molecule is CCOC(=O)C1=C(C)n2c(sc(=Cc3ccc(F)cc3)c2=O)=NC1c1ccccc1. The molecule has 0 N–H and O–H groups in total. The summed E-state index contributed by atoms with van der Waals surface area (Å²) in [4.78, 5) is 31.1. The number of hydrogen-bond acceptors (Lipinski definition) is 5. The van der Waals surface area contributed by atoms with Crippen molar-refractivity contribution in [3.05, 3.63) is 96.8 Å². The van der Waals surface area contributed by atoms with Crippen molar-refractivity contribution < 1.29 is 13.9 Å². The standard InChI is InChI=1S/C23H19FN2O3S/c1-3-29-22(28)19-14(2)26-21(27)18(13-15-9-11-17(24)12-10-15)30-23(26)25-20(19)16-7-5-4-6-8-16/h4-13,20H,3H2,1-2H3. The number of nitrogens with zero attached hydrogens (tertiary/aromatic N) is 2. The summed E-state index contributed by atoms with van der Waals surface area (Å²) in [6.07, 6.45) is 1.70. The van der Waals surface area contributed by atoms with E-state index in [9.17, 15) is 14.0 Å². The Morgan fingerprint density at radius 3 is 2.57 bits per heavy atom. The van der Waals surface area contributed by atoms with Gasteiger partial charge in [-0.1, -0.05) is 53.8 Å². The maximum atomic E-state index is 13.2. The van der Waals surface area contributed by atoms with E-state index in [0.29, 0.717) is 26.2 Å². The molecule has 7 heteroatoms. The van der Waals surface area contributed by atoms with Crippen LogP contribution >= 0.6 is 11.3 Å². The van der Waals surface area contributed by atoms with Crippen LogP contribution in [0.2, 0.25) is 0 Å². The van der Waals surface area contributed by atoms with Gasteiger partial charge in [-0.2, -0.15) is 0 Å². The molecule has 5 nitrogen and oxygen atoms in total. The van der Waals surface area contributed by atoms with Crippen molar-refractivity contribution in [1.29, 1.82) is 0 Å². The number of carbonyl (C=O) groups is 1. The van der Waals surface area contributed by atoms with Crippen molar-refractivity contribution >= 4 is 29.1 Å². The molecule has 0 saturated heterocycles. The molecule has 0 saturated carbocycles. The van der Waals surface area contributed by atoms with Crippen LogP contribution in [0.4, 0.5) is 4.39 Å². The van der Waals surface area contributed by atoms with Crippen LogP contribution in [0.15, 0.2) is 70.0 Å². The quantitative estimate of drug-likeness (QED) is 0.608. The molecule has 4 rings (SSSR count). The van der Waals surface area contributed by atoms with Crippen LogP contribution in [0, 0.1) is 5.82 Å². The monoisotopic (exact) mass is 422 g/mol. The summed E-state index contributed by atoms with van der Waals surface area (Å²) in [5.41, 5.74) is 2.14. The Labute approximate surface area is 176 Å². The van der Waals surface area contributed by atoms with E-state index >= 15 is 0 Å². The second-order valence-corrected chi connectivity index (χ2v) is 7.76. The predicted molar refractivity (Wildman–Crippen MR) is 114 cm³/mol. The van der Waals surface area contributed by atoms with E-state index in [-0.39, 0.29) is 18.0 Å². The Morgan fingerprint density at radius 1 is 1.20 bits per heavy atom. The molecule has 1 aromatic heterocycles. The van der Waals surface area contributed by atoms with E-state index in [1.807, 2.05) is 30.3 Å². The first-order valence-corrected chi connectivity index (χ1v) is 10.3. The molecule has 0 aliphatic carbocycles. The smallest absolute Gasteiger partial charge is 0.338 e. The first-order valence-electron chi connectivity index (χ1n) is 9.49. The summed E-state index contributed by atoms with van der Waals surface area (Å²) in [7, 11) is 0. The number of rotatable bonds is 4. The number of halogens is 1. The fraction of sp³-hybridized carbons (Fsp3) is 0.174. The van der Waals surface area contributed by atoms with Gasteiger partial charge in [-0.05, 0) is 43.2 Å². The minimum absolute atomic E-state index is 0.228. The highest BCUT2D eigenvalue weighted by Gasteiger charge is 2.31. The van der Waals surface area contributed by atoms with Crippen molar-refractivity contribution in [2.75, 3.05) is 6.61 Å². The van der Waals surface area contributed by atoms with Gasteiger partial charge in [0.2, 0.25) is 0 Å². The summed E-state index contributed by atoms with van der Waals surface area (Å²) in [6.45, 7) is 3.70. The van der Waals surface area contributed by atoms with Gasteiger partial charge in [-0.3, -0.25) is 9.36 Å². The fourth-order valence-electron chi connectivity index (χ4n) is 3.40. The maximum Gasteiger partial charge on any atom is 0.338 e. The van der Waals surface area contributed by atoms with Crippen LogP contribution in [0.5, 0.6) is 0 Å². The number of thiazole rings is 1. The summed E-state index contributed by atoms with van der Waals surface area (Å²) < 4.78 is 20.4. The van der Waals surface area contributed by atoms with E-state index in [1.54, 1.807) is 32.1 Å². The van der Waals surface area contributed by atoms with Crippen molar-refractivity contribution in [2.24, 2.45) is 4.99 Å². The van der Waals surface area contributed by atoms with Crippen molar-refractivity contribution in [3.8, 4) is 0 Å². The average molecular weight is 422 g/mol. The lowest BCUT2D eigenvalue weighted by Gasteiger charge is -2.22. The van der Waals surface area contributed by atoms with Crippen LogP contribution in [-0.2, 0) is 9.53 Å². The number of allylic oxidation sites excluding steroid dienone is 1. The zero-order chi connectivity index (χ0) is 21.3. The van der Waals surface area contributed by atoms with Crippen molar-refractivity contribution in [3.63, 3.8) is 0 Å². The molecule has 30 heavy (non-hydrogen) atoms. The first-order chi connectivity index (χ1) is 14.5. The third kappa shape index (κ3) is 3.64. The van der Waals surface area contributed by atoms with Gasteiger partial charge in [0.25, 0.3) is 5.56 Å². The molecule has 152 valence electrons. The average Bonchev–Trinajstić information content (AvgIpc) is 3.06. The minimum atomic E-state index is -0.554. The molecule has 0 bridgehead atoms. The van der Waals surface area contributed by atoms with Crippen LogP contribution < -0.4 is 14.9 Å². The Hall–Kier alpha value is -3.32. The fourth-order valence-corrected chi connectivity index (χ4v) is 4.44. The zero-order valence-electron chi connectivity index (χ0n) is 16.5. The topological polar surface area (TPSA) is 60.7 Å². The van der Waals surface area contributed by atoms with Gasteiger partial charge >= 0.3 is 5.97 Å². The number of benzene rings is 2. The highest BCUT2D eigenvalue weighted by molar-refractivity contribution is 7.07. The maximum absolute atomic E-state index is 13.2. The third-order valence-corrected chi connectivity index (χ3v) is 5.81. The number of ether oxygens (including phenoxy) is 1. The van der Waals surface area contributed by atoms with Crippen LogP contribution in [-0.4, -0.2) is 17.1 Å². The predicted octanol–water partition coefficient (Wildman–Crippen LogP) is 3.05. The zero-order valence-corrected chi connectivity index (χ0v) is 17.3. The van der Waals surface area contributed by atoms with Gasteiger partial charge in [0, 0.05) is 5.70 Å². The molecule has 0 fully saturated rings. The Kier molecular flexibility index (Phi) is 5.46. The molecule has 2 aromatic carbocycles. The van der Waals surface area contributed by atoms with Gasteiger partial charge < -0.3 is 4.74 Å². The van der Waals surface area contributed by atoms with Gasteiger partial charge in [-0.15, -0.1) is 0 Å². The van der Waals surface area contributed by atoms with E-state index < -0.39 is 12.0 Å². The van der Waals surface area contributed by atoms with Gasteiger partial charge in [0.1, 0.15) is 11.9 Å². The van der Waals surface area contributed by atoms with E-state index in [0.717, 1.165) is 5.56 Å². The third-order valence-electron chi connectivity index (χ3n) is 4.82. The molecule has 1 aliphatic rings. The largest absolute Gasteiger partial charge is 0.463 e. The van der Waals surface area contributed by atoms with Gasteiger partial charge in [-0.25, -0.2) is 14.2 Å². The van der Waals surface area contributed by atoms with Gasteiger partial charge in [0.05, 0.1) is 16.7 Å². The van der Waals surface area contributed by atoms with E-state index in [2.05, 4.69) is 0 Å². The van der Waals surface area contributed by atoms with Crippen LogP contribution in [0.3, 0.4) is 0 Å².